The Morgan fingerprint density at radius 1 is 1.19 bits per heavy atom. The summed E-state index contributed by atoms with van der Waals surface area (Å²) in [7, 11) is 0. The first-order valence-corrected chi connectivity index (χ1v) is 11.5. The van der Waals surface area contributed by atoms with Crippen LogP contribution >= 0.6 is 11.3 Å². The fourth-order valence-electron chi connectivity index (χ4n) is 4.90. The Bertz CT molecular complexity index is 1070. The van der Waals surface area contributed by atoms with Crippen LogP contribution in [0.3, 0.4) is 0 Å². The number of thiazole rings is 1. The zero-order valence-electron chi connectivity index (χ0n) is 17.3. The first kappa shape index (κ1) is 20.1. The monoisotopic (exact) mass is 437 g/mol. The van der Waals surface area contributed by atoms with E-state index >= 15 is 0 Å². The maximum Gasteiger partial charge on any atom is 0.274 e. The number of hydrogen-bond donors (Lipinski definition) is 0. The number of carbonyl (C=O) groups is 1. The van der Waals surface area contributed by atoms with Gasteiger partial charge in [0, 0.05) is 12.1 Å². The summed E-state index contributed by atoms with van der Waals surface area (Å²) >= 11 is 1.56. The van der Waals surface area contributed by atoms with Crippen LogP contribution in [0.25, 0.3) is 10.4 Å². The molecule has 0 radical (unpaired) electrons. The molecule has 31 heavy (non-hydrogen) atoms. The molecule has 3 atom stereocenters. The highest BCUT2D eigenvalue weighted by atomic mass is 32.1. The zero-order chi connectivity index (χ0) is 21.4. The number of pyridine rings is 1. The van der Waals surface area contributed by atoms with Crippen LogP contribution < -0.4 is 4.74 Å². The fraction of sp³-hybridized carbons (Fsp3) is 0.375. The first-order valence-electron chi connectivity index (χ1n) is 10.7. The molecule has 1 saturated heterocycles. The molecule has 2 aliphatic rings. The van der Waals surface area contributed by atoms with Gasteiger partial charge >= 0.3 is 0 Å². The summed E-state index contributed by atoms with van der Waals surface area (Å²) in [6.07, 6.45) is 5.26. The Balaban J connectivity index is 1.42. The second-order valence-corrected chi connectivity index (χ2v) is 9.54. The van der Waals surface area contributed by atoms with E-state index in [4.69, 9.17) is 4.74 Å². The Hall–Kier alpha value is -2.80. The van der Waals surface area contributed by atoms with Crippen LogP contribution in [0.2, 0.25) is 0 Å². The SMILES string of the molecule is Cc1nc(C(=O)N2C3CCC(C3)CC2COc2ccc(F)cn2)c(-c2ccccc2)s1. The van der Waals surface area contributed by atoms with Crippen molar-refractivity contribution < 1.29 is 13.9 Å². The van der Waals surface area contributed by atoms with Gasteiger partial charge in [-0.1, -0.05) is 30.3 Å². The molecule has 3 unspecified atom stereocenters. The van der Waals surface area contributed by atoms with Crippen molar-refractivity contribution >= 4 is 17.2 Å². The van der Waals surface area contributed by atoms with Crippen LogP contribution in [0.15, 0.2) is 48.7 Å². The van der Waals surface area contributed by atoms with E-state index in [2.05, 4.69) is 9.97 Å². The largest absolute Gasteiger partial charge is 0.475 e. The quantitative estimate of drug-likeness (QED) is 0.556. The zero-order valence-corrected chi connectivity index (χ0v) is 18.1. The first-order chi connectivity index (χ1) is 15.1. The number of benzene rings is 1. The van der Waals surface area contributed by atoms with Gasteiger partial charge in [-0.2, -0.15) is 0 Å². The summed E-state index contributed by atoms with van der Waals surface area (Å²) in [6, 6.07) is 13.0. The van der Waals surface area contributed by atoms with Gasteiger partial charge in [0.2, 0.25) is 5.88 Å². The van der Waals surface area contributed by atoms with Crippen molar-refractivity contribution in [3.05, 3.63) is 65.2 Å². The summed E-state index contributed by atoms with van der Waals surface area (Å²) in [5.74, 6) is 0.581. The van der Waals surface area contributed by atoms with E-state index in [-0.39, 0.29) is 18.0 Å². The van der Waals surface area contributed by atoms with Crippen molar-refractivity contribution in [1.29, 1.82) is 0 Å². The van der Waals surface area contributed by atoms with E-state index in [0.717, 1.165) is 47.3 Å². The number of rotatable bonds is 5. The molecule has 1 aliphatic heterocycles. The van der Waals surface area contributed by atoms with Gasteiger partial charge in [-0.15, -0.1) is 11.3 Å². The summed E-state index contributed by atoms with van der Waals surface area (Å²) in [5.41, 5.74) is 1.55. The van der Waals surface area contributed by atoms with Gasteiger partial charge in [0.1, 0.15) is 18.1 Å². The maximum absolute atomic E-state index is 13.8. The number of likely N-dealkylation sites (tertiary alicyclic amines) is 1. The highest BCUT2D eigenvalue weighted by Gasteiger charge is 2.44. The predicted molar refractivity (Wildman–Crippen MR) is 118 cm³/mol. The van der Waals surface area contributed by atoms with Crippen LogP contribution in [0.5, 0.6) is 5.88 Å². The minimum absolute atomic E-state index is 0.0192. The summed E-state index contributed by atoms with van der Waals surface area (Å²) < 4.78 is 19.0. The van der Waals surface area contributed by atoms with E-state index in [0.29, 0.717) is 24.1 Å². The number of hydrogen-bond acceptors (Lipinski definition) is 5. The van der Waals surface area contributed by atoms with E-state index in [1.54, 1.807) is 11.3 Å². The maximum atomic E-state index is 13.8. The minimum Gasteiger partial charge on any atom is -0.475 e. The highest BCUT2D eigenvalue weighted by Crippen LogP contribution is 2.41. The molecule has 3 heterocycles. The minimum atomic E-state index is -0.396. The van der Waals surface area contributed by atoms with Crippen molar-refractivity contribution in [3.63, 3.8) is 0 Å². The van der Waals surface area contributed by atoms with Gasteiger partial charge in [0.05, 0.1) is 22.1 Å². The molecule has 2 aromatic heterocycles. The molecule has 5 nitrogen and oxygen atoms in total. The summed E-state index contributed by atoms with van der Waals surface area (Å²) in [4.78, 5) is 25.4. The molecule has 3 aromatic rings. The summed E-state index contributed by atoms with van der Waals surface area (Å²) in [6.45, 7) is 2.29. The molecule has 0 spiro atoms. The van der Waals surface area contributed by atoms with Crippen molar-refractivity contribution in [2.24, 2.45) is 5.92 Å². The molecular weight excluding hydrogens is 413 g/mol. The van der Waals surface area contributed by atoms with Crippen molar-refractivity contribution in [2.45, 2.75) is 44.7 Å². The van der Waals surface area contributed by atoms with Crippen LogP contribution in [0.1, 0.15) is 41.2 Å². The number of carbonyl (C=O) groups excluding carboxylic acids is 1. The molecule has 7 heteroatoms. The third-order valence-electron chi connectivity index (χ3n) is 6.24. The van der Waals surface area contributed by atoms with E-state index in [1.807, 2.05) is 42.2 Å². The van der Waals surface area contributed by atoms with E-state index < -0.39 is 5.82 Å². The highest BCUT2D eigenvalue weighted by molar-refractivity contribution is 7.15. The van der Waals surface area contributed by atoms with Gasteiger partial charge in [0.25, 0.3) is 5.91 Å². The van der Waals surface area contributed by atoms with Gasteiger partial charge in [-0.05, 0) is 50.2 Å². The van der Waals surface area contributed by atoms with Crippen LogP contribution in [0.4, 0.5) is 4.39 Å². The second-order valence-electron chi connectivity index (χ2n) is 8.34. The Morgan fingerprint density at radius 2 is 2.03 bits per heavy atom. The number of ether oxygens (including phenoxy) is 1. The Labute approximate surface area is 184 Å². The van der Waals surface area contributed by atoms with E-state index in [1.165, 1.54) is 12.1 Å². The molecular formula is C24H24FN3O2S. The number of fused-ring (bicyclic) bond motifs is 2. The van der Waals surface area contributed by atoms with Crippen molar-refractivity contribution in [3.8, 4) is 16.3 Å². The molecule has 160 valence electrons. The lowest BCUT2D eigenvalue weighted by Crippen LogP contribution is -2.52. The standard InChI is InChI=1S/C24H24FN3O2S/c1-15-27-22(23(31-15)17-5-3-2-4-6-17)24(29)28-19-9-7-16(11-19)12-20(28)14-30-21-10-8-18(25)13-26-21/h2-6,8,10,13,16,19-20H,7,9,11-12,14H2,1H3. The molecule has 1 saturated carbocycles. The fourth-order valence-corrected chi connectivity index (χ4v) is 5.82. The average Bonchev–Trinajstić information content (AvgIpc) is 3.36. The number of halogens is 1. The summed E-state index contributed by atoms with van der Waals surface area (Å²) in [5, 5.41) is 0.881. The molecule has 2 fully saturated rings. The normalized spacial score (nSPS) is 22.5. The van der Waals surface area contributed by atoms with Crippen LogP contribution in [-0.2, 0) is 0 Å². The predicted octanol–water partition coefficient (Wildman–Crippen LogP) is 5.11. The number of amides is 1. The molecule has 1 aliphatic carbocycles. The third-order valence-corrected chi connectivity index (χ3v) is 7.26. The molecule has 0 N–H and O–H groups in total. The Kier molecular flexibility index (Phi) is 5.44. The van der Waals surface area contributed by atoms with Crippen molar-refractivity contribution in [1.82, 2.24) is 14.9 Å². The number of piperidine rings is 1. The van der Waals surface area contributed by atoms with Gasteiger partial charge in [-0.25, -0.2) is 14.4 Å². The van der Waals surface area contributed by atoms with Gasteiger partial charge < -0.3 is 9.64 Å². The lowest BCUT2D eigenvalue weighted by molar-refractivity contribution is 0.0347. The van der Waals surface area contributed by atoms with E-state index in [9.17, 15) is 9.18 Å². The molecule has 5 rings (SSSR count). The number of aryl methyl sites for hydroxylation is 1. The second kappa shape index (κ2) is 8.38. The number of aromatic nitrogens is 2. The molecule has 1 amide bonds. The van der Waals surface area contributed by atoms with Gasteiger partial charge in [0.15, 0.2) is 0 Å². The topological polar surface area (TPSA) is 55.3 Å². The lowest BCUT2D eigenvalue weighted by Gasteiger charge is -2.40. The smallest absolute Gasteiger partial charge is 0.274 e. The van der Waals surface area contributed by atoms with Crippen LogP contribution in [-0.4, -0.2) is 39.5 Å². The number of nitrogens with zero attached hydrogens (tertiary/aromatic N) is 3. The van der Waals surface area contributed by atoms with Gasteiger partial charge in [-0.3, -0.25) is 4.79 Å². The average molecular weight is 438 g/mol. The molecule has 1 aromatic carbocycles. The third kappa shape index (κ3) is 4.06. The Morgan fingerprint density at radius 3 is 2.81 bits per heavy atom. The van der Waals surface area contributed by atoms with Crippen molar-refractivity contribution in [2.75, 3.05) is 6.61 Å². The van der Waals surface area contributed by atoms with Crippen LogP contribution in [0, 0.1) is 18.7 Å². The lowest BCUT2D eigenvalue weighted by atomic mass is 9.92. The molecule has 2 bridgehead atoms.